The van der Waals surface area contributed by atoms with Crippen molar-refractivity contribution in [3.63, 3.8) is 0 Å². The summed E-state index contributed by atoms with van der Waals surface area (Å²) in [7, 11) is 0. The smallest absolute Gasteiger partial charge is 0.242 e. The van der Waals surface area contributed by atoms with E-state index >= 15 is 0 Å². The Morgan fingerprint density at radius 3 is 2.80 bits per heavy atom. The van der Waals surface area contributed by atoms with E-state index in [1.165, 1.54) is 0 Å². The molecule has 1 saturated heterocycles. The summed E-state index contributed by atoms with van der Waals surface area (Å²) >= 11 is 0. The Morgan fingerprint density at radius 1 is 1.53 bits per heavy atom. The summed E-state index contributed by atoms with van der Waals surface area (Å²) in [5.74, 6) is -0.213. The van der Waals surface area contributed by atoms with Crippen molar-refractivity contribution in [1.82, 2.24) is 16.0 Å². The molecule has 0 radical (unpaired) electrons. The minimum absolute atomic E-state index is 0.0775. The van der Waals surface area contributed by atoms with Crippen LogP contribution in [0.2, 0.25) is 0 Å². The lowest BCUT2D eigenvalue weighted by molar-refractivity contribution is -0.129. The van der Waals surface area contributed by atoms with Gasteiger partial charge in [-0.25, -0.2) is 0 Å². The number of likely N-dealkylation sites (N-methyl/N-ethyl adjacent to an activating group) is 1. The van der Waals surface area contributed by atoms with Gasteiger partial charge in [-0.3, -0.25) is 9.59 Å². The minimum Gasteiger partial charge on any atom is -0.355 e. The second kappa shape index (κ2) is 5.70. The first-order valence-electron chi connectivity index (χ1n) is 5.46. The molecule has 5 nitrogen and oxygen atoms in total. The first kappa shape index (κ1) is 12.0. The molecule has 1 rings (SSSR count). The quantitative estimate of drug-likeness (QED) is 0.583. The van der Waals surface area contributed by atoms with Crippen LogP contribution in [-0.2, 0) is 9.59 Å². The number of hydrogen-bond donors (Lipinski definition) is 3. The lowest BCUT2D eigenvalue weighted by atomic mass is 10.2. The highest BCUT2D eigenvalue weighted by molar-refractivity contribution is 5.89. The standard InChI is InChI=1S/C10H19N3O2/c1-3-11-9(14)7(2)13-10(15)8-5-4-6-12-8/h7-8,12H,3-6H2,1-2H3,(H,11,14)(H,13,15)/t7?,8-/m0/s1. The number of amides is 2. The zero-order valence-electron chi connectivity index (χ0n) is 9.30. The Hall–Kier alpha value is -1.10. The second-order valence-electron chi connectivity index (χ2n) is 3.77. The van der Waals surface area contributed by atoms with Crippen LogP contribution < -0.4 is 16.0 Å². The van der Waals surface area contributed by atoms with Crippen LogP contribution >= 0.6 is 0 Å². The second-order valence-corrected chi connectivity index (χ2v) is 3.77. The minimum atomic E-state index is -0.458. The molecular weight excluding hydrogens is 194 g/mol. The van der Waals surface area contributed by atoms with Crippen molar-refractivity contribution in [3.05, 3.63) is 0 Å². The summed E-state index contributed by atoms with van der Waals surface area (Å²) < 4.78 is 0. The van der Waals surface area contributed by atoms with Gasteiger partial charge in [0.05, 0.1) is 6.04 Å². The molecular formula is C10H19N3O2. The summed E-state index contributed by atoms with van der Waals surface area (Å²) in [4.78, 5) is 23.0. The van der Waals surface area contributed by atoms with E-state index < -0.39 is 6.04 Å². The normalized spacial score (nSPS) is 22.1. The van der Waals surface area contributed by atoms with Gasteiger partial charge in [-0.2, -0.15) is 0 Å². The first-order chi connectivity index (χ1) is 7.15. The van der Waals surface area contributed by atoms with E-state index in [9.17, 15) is 9.59 Å². The lowest BCUT2D eigenvalue weighted by Gasteiger charge is -2.16. The van der Waals surface area contributed by atoms with Crippen molar-refractivity contribution >= 4 is 11.8 Å². The molecule has 0 spiro atoms. The molecule has 1 fully saturated rings. The van der Waals surface area contributed by atoms with Crippen LogP contribution in [0.5, 0.6) is 0 Å². The number of carbonyl (C=O) groups excluding carboxylic acids is 2. The van der Waals surface area contributed by atoms with Crippen LogP contribution in [0.25, 0.3) is 0 Å². The van der Waals surface area contributed by atoms with E-state index in [4.69, 9.17) is 0 Å². The molecule has 3 N–H and O–H groups in total. The van der Waals surface area contributed by atoms with Gasteiger partial charge >= 0.3 is 0 Å². The molecule has 0 aromatic rings. The lowest BCUT2D eigenvalue weighted by Crippen LogP contribution is -2.50. The largest absolute Gasteiger partial charge is 0.355 e. The van der Waals surface area contributed by atoms with Crippen LogP contribution in [0.1, 0.15) is 26.7 Å². The Morgan fingerprint density at radius 2 is 2.27 bits per heavy atom. The van der Waals surface area contributed by atoms with Gasteiger partial charge in [0.2, 0.25) is 11.8 Å². The maximum atomic E-state index is 11.6. The molecule has 0 bridgehead atoms. The van der Waals surface area contributed by atoms with Gasteiger partial charge in [-0.05, 0) is 33.2 Å². The van der Waals surface area contributed by atoms with Crippen LogP contribution in [0.15, 0.2) is 0 Å². The van der Waals surface area contributed by atoms with Crippen LogP contribution in [0, 0.1) is 0 Å². The maximum Gasteiger partial charge on any atom is 0.242 e. The zero-order chi connectivity index (χ0) is 11.3. The van der Waals surface area contributed by atoms with Crippen LogP contribution in [0.4, 0.5) is 0 Å². The van der Waals surface area contributed by atoms with Crippen molar-refractivity contribution in [2.45, 2.75) is 38.8 Å². The number of nitrogens with one attached hydrogen (secondary N) is 3. The van der Waals surface area contributed by atoms with E-state index in [1.807, 2.05) is 6.92 Å². The predicted molar refractivity (Wildman–Crippen MR) is 57.3 cm³/mol. The van der Waals surface area contributed by atoms with Crippen LogP contribution in [-0.4, -0.2) is 37.0 Å². The average Bonchev–Trinajstić information content (AvgIpc) is 2.70. The van der Waals surface area contributed by atoms with Gasteiger partial charge < -0.3 is 16.0 Å². The molecule has 2 amide bonds. The van der Waals surface area contributed by atoms with E-state index in [2.05, 4.69) is 16.0 Å². The summed E-state index contributed by atoms with van der Waals surface area (Å²) in [5.41, 5.74) is 0. The van der Waals surface area contributed by atoms with Crippen molar-refractivity contribution in [2.75, 3.05) is 13.1 Å². The van der Waals surface area contributed by atoms with Crippen LogP contribution in [0.3, 0.4) is 0 Å². The molecule has 5 heteroatoms. The monoisotopic (exact) mass is 213 g/mol. The van der Waals surface area contributed by atoms with Gasteiger partial charge in [0, 0.05) is 6.54 Å². The highest BCUT2D eigenvalue weighted by atomic mass is 16.2. The number of hydrogen-bond acceptors (Lipinski definition) is 3. The summed E-state index contributed by atoms with van der Waals surface area (Å²) in [6.07, 6.45) is 1.88. The van der Waals surface area contributed by atoms with Gasteiger partial charge in [-0.15, -0.1) is 0 Å². The predicted octanol–water partition coefficient (Wildman–Crippen LogP) is -0.621. The SMILES string of the molecule is CCNC(=O)C(C)NC(=O)[C@@H]1CCCN1. The third-order valence-electron chi connectivity index (χ3n) is 2.48. The molecule has 0 aliphatic carbocycles. The molecule has 1 heterocycles. The van der Waals surface area contributed by atoms with E-state index in [-0.39, 0.29) is 17.9 Å². The Kier molecular flexibility index (Phi) is 4.55. The topological polar surface area (TPSA) is 70.2 Å². The fourth-order valence-corrected chi connectivity index (χ4v) is 1.62. The fourth-order valence-electron chi connectivity index (χ4n) is 1.62. The molecule has 1 aliphatic heterocycles. The summed E-state index contributed by atoms with van der Waals surface area (Å²) in [5, 5.41) is 8.45. The summed E-state index contributed by atoms with van der Waals surface area (Å²) in [6.45, 7) is 5.01. The molecule has 2 atom stereocenters. The van der Waals surface area contributed by atoms with Crippen molar-refractivity contribution in [2.24, 2.45) is 0 Å². The maximum absolute atomic E-state index is 11.6. The number of rotatable bonds is 4. The van der Waals surface area contributed by atoms with Crippen molar-refractivity contribution in [3.8, 4) is 0 Å². The highest BCUT2D eigenvalue weighted by Gasteiger charge is 2.24. The number of carbonyl (C=O) groups is 2. The fraction of sp³-hybridized carbons (Fsp3) is 0.800. The third kappa shape index (κ3) is 3.51. The first-order valence-corrected chi connectivity index (χ1v) is 5.46. The molecule has 1 aliphatic rings. The summed E-state index contributed by atoms with van der Waals surface area (Å²) in [6, 6.07) is -0.582. The van der Waals surface area contributed by atoms with Gasteiger partial charge in [0.25, 0.3) is 0 Å². The molecule has 0 saturated carbocycles. The Balaban J connectivity index is 2.33. The Labute approximate surface area is 90.0 Å². The highest BCUT2D eigenvalue weighted by Crippen LogP contribution is 2.04. The molecule has 0 aromatic carbocycles. The van der Waals surface area contributed by atoms with E-state index in [0.29, 0.717) is 6.54 Å². The van der Waals surface area contributed by atoms with Gasteiger partial charge in [0.15, 0.2) is 0 Å². The van der Waals surface area contributed by atoms with Gasteiger partial charge in [0.1, 0.15) is 6.04 Å². The molecule has 1 unspecified atom stereocenters. The van der Waals surface area contributed by atoms with Crippen molar-refractivity contribution in [1.29, 1.82) is 0 Å². The van der Waals surface area contributed by atoms with Crippen molar-refractivity contribution < 1.29 is 9.59 Å². The third-order valence-corrected chi connectivity index (χ3v) is 2.48. The van der Waals surface area contributed by atoms with E-state index in [0.717, 1.165) is 19.4 Å². The Bertz CT molecular complexity index is 237. The molecule has 0 aromatic heterocycles. The molecule has 15 heavy (non-hydrogen) atoms. The van der Waals surface area contributed by atoms with Gasteiger partial charge in [-0.1, -0.05) is 0 Å². The van der Waals surface area contributed by atoms with E-state index in [1.54, 1.807) is 6.92 Å². The zero-order valence-corrected chi connectivity index (χ0v) is 9.30. The average molecular weight is 213 g/mol. The molecule has 86 valence electrons.